The molecule has 0 saturated carbocycles. The van der Waals surface area contributed by atoms with Gasteiger partial charge in [-0.05, 0) is 12.0 Å². The van der Waals surface area contributed by atoms with Crippen molar-refractivity contribution < 1.29 is 9.84 Å². The summed E-state index contributed by atoms with van der Waals surface area (Å²) in [5.41, 5.74) is 1.20. The Morgan fingerprint density at radius 2 is 2.31 bits per heavy atom. The molecule has 0 atom stereocenters. The molecular weight excluding hydrogens is 166 g/mol. The molecule has 0 aromatic carbocycles. The number of nitrogens with zero attached hydrogens (tertiary/aromatic N) is 1. The topological polar surface area (TPSA) is 42.4 Å². The largest absolute Gasteiger partial charge is 0.478 e. The number of aliphatic hydroxyl groups is 1. The van der Waals surface area contributed by atoms with Crippen LogP contribution >= 0.6 is 0 Å². The molecule has 0 radical (unpaired) electrons. The Labute approximate surface area is 78.4 Å². The fourth-order valence-corrected chi connectivity index (χ4v) is 0.947. The molecule has 72 valence electrons. The van der Waals surface area contributed by atoms with Gasteiger partial charge in [-0.3, -0.25) is 0 Å². The molecule has 1 heterocycles. The second-order valence-electron chi connectivity index (χ2n) is 2.78. The van der Waals surface area contributed by atoms with Crippen LogP contribution in [0.25, 0.3) is 0 Å². The summed E-state index contributed by atoms with van der Waals surface area (Å²) in [7, 11) is 0. The molecule has 0 unspecified atom stereocenters. The lowest BCUT2D eigenvalue weighted by molar-refractivity contribution is 0.229. The van der Waals surface area contributed by atoms with Crippen LogP contribution in [0.3, 0.4) is 0 Å². The summed E-state index contributed by atoms with van der Waals surface area (Å²) >= 11 is 0. The first kappa shape index (κ1) is 9.99. The molecule has 0 saturated heterocycles. The standard InChI is InChI=1S/C10H15NO2/c1-2-9-4-5-10(11-8-9)13-7-3-6-12/h4-5,8,12H,2-3,6-7H2,1H3. The quantitative estimate of drug-likeness (QED) is 0.698. The second-order valence-corrected chi connectivity index (χ2v) is 2.78. The van der Waals surface area contributed by atoms with Gasteiger partial charge in [0.05, 0.1) is 6.61 Å². The fourth-order valence-electron chi connectivity index (χ4n) is 0.947. The third kappa shape index (κ3) is 3.42. The van der Waals surface area contributed by atoms with Gasteiger partial charge in [0.2, 0.25) is 5.88 Å². The second kappa shape index (κ2) is 5.54. The molecule has 1 N–H and O–H groups in total. The lowest BCUT2D eigenvalue weighted by Crippen LogP contribution is -2.01. The zero-order valence-electron chi connectivity index (χ0n) is 7.86. The van der Waals surface area contributed by atoms with Gasteiger partial charge in [-0.15, -0.1) is 0 Å². The molecule has 1 aromatic heterocycles. The highest BCUT2D eigenvalue weighted by atomic mass is 16.5. The molecule has 0 aliphatic rings. The van der Waals surface area contributed by atoms with Gasteiger partial charge in [-0.1, -0.05) is 13.0 Å². The fraction of sp³-hybridized carbons (Fsp3) is 0.500. The van der Waals surface area contributed by atoms with Crippen molar-refractivity contribution >= 4 is 0 Å². The number of aromatic nitrogens is 1. The summed E-state index contributed by atoms with van der Waals surface area (Å²) in [5.74, 6) is 0.630. The van der Waals surface area contributed by atoms with E-state index in [0.29, 0.717) is 18.9 Å². The van der Waals surface area contributed by atoms with Gasteiger partial charge in [-0.2, -0.15) is 0 Å². The highest BCUT2D eigenvalue weighted by Crippen LogP contribution is 2.07. The molecule has 3 nitrogen and oxygen atoms in total. The van der Waals surface area contributed by atoms with Crippen molar-refractivity contribution in [2.45, 2.75) is 19.8 Å². The first-order valence-corrected chi connectivity index (χ1v) is 4.55. The Hall–Kier alpha value is -1.09. The van der Waals surface area contributed by atoms with Crippen LogP contribution in [0.5, 0.6) is 5.88 Å². The molecule has 3 heteroatoms. The number of ether oxygens (including phenoxy) is 1. The van der Waals surface area contributed by atoms with Gasteiger partial charge in [0.15, 0.2) is 0 Å². The summed E-state index contributed by atoms with van der Waals surface area (Å²) in [4.78, 5) is 4.12. The van der Waals surface area contributed by atoms with Crippen molar-refractivity contribution in [1.29, 1.82) is 0 Å². The van der Waals surface area contributed by atoms with Crippen LogP contribution < -0.4 is 4.74 Å². The number of aliphatic hydroxyl groups excluding tert-OH is 1. The summed E-state index contributed by atoms with van der Waals surface area (Å²) in [6, 6.07) is 3.86. The van der Waals surface area contributed by atoms with E-state index in [4.69, 9.17) is 9.84 Å². The van der Waals surface area contributed by atoms with Crippen molar-refractivity contribution in [3.63, 3.8) is 0 Å². The Bertz CT molecular complexity index is 233. The van der Waals surface area contributed by atoms with Gasteiger partial charge in [0.1, 0.15) is 0 Å². The third-order valence-electron chi connectivity index (χ3n) is 1.76. The number of rotatable bonds is 5. The Balaban J connectivity index is 2.40. The number of hydrogen-bond acceptors (Lipinski definition) is 3. The van der Waals surface area contributed by atoms with Crippen LogP contribution in [-0.4, -0.2) is 23.3 Å². The molecule has 1 aromatic rings. The maximum atomic E-state index is 8.53. The zero-order chi connectivity index (χ0) is 9.52. The van der Waals surface area contributed by atoms with Crippen LogP contribution in [0.15, 0.2) is 18.3 Å². The Morgan fingerprint density at radius 1 is 1.46 bits per heavy atom. The average Bonchev–Trinajstić information content (AvgIpc) is 2.19. The minimum Gasteiger partial charge on any atom is -0.478 e. The van der Waals surface area contributed by atoms with E-state index in [-0.39, 0.29) is 6.61 Å². The van der Waals surface area contributed by atoms with Crippen molar-refractivity contribution in [3.05, 3.63) is 23.9 Å². The van der Waals surface area contributed by atoms with Gasteiger partial charge >= 0.3 is 0 Å². The number of pyridine rings is 1. The average molecular weight is 181 g/mol. The molecule has 0 amide bonds. The summed E-state index contributed by atoms with van der Waals surface area (Å²) in [6.45, 7) is 2.77. The van der Waals surface area contributed by atoms with Crippen LogP contribution in [0.2, 0.25) is 0 Å². The van der Waals surface area contributed by atoms with E-state index >= 15 is 0 Å². The van der Waals surface area contributed by atoms with Crippen molar-refractivity contribution in [2.24, 2.45) is 0 Å². The summed E-state index contributed by atoms with van der Waals surface area (Å²) in [5, 5.41) is 8.53. The predicted octanol–water partition coefficient (Wildman–Crippen LogP) is 1.41. The molecule has 0 bridgehead atoms. The maximum Gasteiger partial charge on any atom is 0.213 e. The van der Waals surface area contributed by atoms with E-state index in [1.165, 1.54) is 5.56 Å². The van der Waals surface area contributed by atoms with Crippen LogP contribution in [0.1, 0.15) is 18.9 Å². The molecular formula is C10H15NO2. The zero-order valence-corrected chi connectivity index (χ0v) is 7.86. The van der Waals surface area contributed by atoms with Crippen LogP contribution in [-0.2, 0) is 6.42 Å². The number of aryl methyl sites for hydroxylation is 1. The summed E-state index contributed by atoms with van der Waals surface area (Å²) in [6.07, 6.45) is 3.45. The van der Waals surface area contributed by atoms with Gasteiger partial charge in [0, 0.05) is 25.3 Å². The molecule has 0 aliphatic carbocycles. The lowest BCUT2D eigenvalue weighted by atomic mass is 10.2. The third-order valence-corrected chi connectivity index (χ3v) is 1.76. The maximum absolute atomic E-state index is 8.53. The van der Waals surface area contributed by atoms with Crippen molar-refractivity contribution in [3.8, 4) is 5.88 Å². The van der Waals surface area contributed by atoms with Gasteiger partial charge in [0.25, 0.3) is 0 Å². The van der Waals surface area contributed by atoms with E-state index in [9.17, 15) is 0 Å². The Kier molecular flexibility index (Phi) is 4.26. The number of hydrogen-bond donors (Lipinski definition) is 1. The van der Waals surface area contributed by atoms with E-state index in [0.717, 1.165) is 6.42 Å². The van der Waals surface area contributed by atoms with E-state index in [2.05, 4.69) is 11.9 Å². The highest BCUT2D eigenvalue weighted by molar-refractivity contribution is 5.17. The van der Waals surface area contributed by atoms with E-state index < -0.39 is 0 Å². The van der Waals surface area contributed by atoms with Crippen LogP contribution in [0, 0.1) is 0 Å². The molecule has 1 rings (SSSR count). The molecule has 0 fully saturated rings. The first-order valence-electron chi connectivity index (χ1n) is 4.55. The molecule has 13 heavy (non-hydrogen) atoms. The normalized spacial score (nSPS) is 10.0. The van der Waals surface area contributed by atoms with Gasteiger partial charge < -0.3 is 9.84 Å². The summed E-state index contributed by atoms with van der Waals surface area (Å²) < 4.78 is 5.27. The highest BCUT2D eigenvalue weighted by Gasteiger charge is 1.94. The van der Waals surface area contributed by atoms with Crippen LogP contribution in [0.4, 0.5) is 0 Å². The SMILES string of the molecule is CCc1ccc(OCCCO)nc1. The monoisotopic (exact) mass is 181 g/mol. The smallest absolute Gasteiger partial charge is 0.213 e. The first-order chi connectivity index (χ1) is 6.36. The van der Waals surface area contributed by atoms with Crippen molar-refractivity contribution in [2.75, 3.05) is 13.2 Å². The minimum absolute atomic E-state index is 0.160. The lowest BCUT2D eigenvalue weighted by Gasteiger charge is -2.03. The van der Waals surface area contributed by atoms with E-state index in [1.54, 1.807) is 0 Å². The predicted molar refractivity (Wildman–Crippen MR) is 50.8 cm³/mol. The minimum atomic E-state index is 0.160. The van der Waals surface area contributed by atoms with Crippen molar-refractivity contribution in [1.82, 2.24) is 4.98 Å². The molecule has 0 aliphatic heterocycles. The molecule has 0 spiro atoms. The van der Waals surface area contributed by atoms with Gasteiger partial charge in [-0.25, -0.2) is 4.98 Å². The Morgan fingerprint density at radius 3 is 2.85 bits per heavy atom. The van der Waals surface area contributed by atoms with E-state index in [1.807, 2.05) is 18.3 Å².